The van der Waals surface area contributed by atoms with E-state index in [0.29, 0.717) is 23.6 Å². The second-order valence-corrected chi connectivity index (χ2v) is 9.55. The van der Waals surface area contributed by atoms with Gasteiger partial charge in [0.15, 0.2) is 11.5 Å². The Bertz CT molecular complexity index is 988. The van der Waals surface area contributed by atoms with Crippen molar-refractivity contribution in [2.45, 2.75) is 52.8 Å². The van der Waals surface area contributed by atoms with Crippen LogP contribution in [0, 0.1) is 6.92 Å². The van der Waals surface area contributed by atoms with E-state index in [2.05, 4.69) is 5.32 Å². The molecule has 1 unspecified atom stereocenters. The first kappa shape index (κ1) is 24.5. The zero-order valence-electron chi connectivity index (χ0n) is 19.0. The molecule has 0 bridgehead atoms. The molecule has 0 heterocycles. The molecule has 0 radical (unpaired) electrons. The Balaban J connectivity index is 2.20. The van der Waals surface area contributed by atoms with Crippen molar-refractivity contribution in [1.82, 2.24) is 5.32 Å². The predicted octanol–water partition coefficient (Wildman–Crippen LogP) is 3.65. The third-order valence-electron chi connectivity index (χ3n) is 4.68. The first-order valence-electron chi connectivity index (χ1n) is 10.2. The van der Waals surface area contributed by atoms with Crippen molar-refractivity contribution < 1.29 is 22.7 Å². The molecular weight excluding hydrogens is 416 g/mol. The quantitative estimate of drug-likeness (QED) is 0.600. The molecule has 0 aromatic heterocycles. The third-order valence-corrected chi connectivity index (χ3v) is 5.86. The molecule has 2 aromatic rings. The molecule has 1 amide bonds. The van der Waals surface area contributed by atoms with E-state index >= 15 is 0 Å². The average Bonchev–Trinajstić information content (AvgIpc) is 2.70. The summed E-state index contributed by atoms with van der Waals surface area (Å²) in [7, 11) is -2.10. The Kier molecular flexibility index (Phi) is 8.33. The summed E-state index contributed by atoms with van der Waals surface area (Å²) in [4.78, 5) is 13.0. The van der Waals surface area contributed by atoms with Crippen LogP contribution in [-0.4, -0.2) is 39.8 Å². The number of nitrogens with zero attached hydrogens (tertiary/aromatic N) is 1. The van der Waals surface area contributed by atoms with Gasteiger partial charge in [-0.25, -0.2) is 8.42 Å². The lowest BCUT2D eigenvalue weighted by Crippen LogP contribution is -2.49. The molecule has 0 saturated heterocycles. The van der Waals surface area contributed by atoms with Gasteiger partial charge < -0.3 is 14.8 Å². The molecule has 0 saturated carbocycles. The summed E-state index contributed by atoms with van der Waals surface area (Å²) >= 11 is 0. The van der Waals surface area contributed by atoms with E-state index in [0.717, 1.165) is 17.4 Å². The van der Waals surface area contributed by atoms with Gasteiger partial charge in [0.25, 0.3) is 0 Å². The van der Waals surface area contributed by atoms with Crippen molar-refractivity contribution in [3.63, 3.8) is 0 Å². The molecule has 0 spiro atoms. The lowest BCUT2D eigenvalue weighted by Gasteiger charge is -2.30. The van der Waals surface area contributed by atoms with E-state index in [1.54, 1.807) is 38.3 Å². The van der Waals surface area contributed by atoms with Crippen LogP contribution in [0.1, 0.15) is 38.3 Å². The number of hydrogen-bond donors (Lipinski definition) is 1. The highest BCUT2D eigenvalue weighted by atomic mass is 32.2. The molecule has 0 aliphatic rings. The predicted molar refractivity (Wildman–Crippen MR) is 123 cm³/mol. The van der Waals surface area contributed by atoms with E-state index in [1.165, 1.54) is 4.31 Å². The van der Waals surface area contributed by atoms with E-state index in [4.69, 9.17) is 9.47 Å². The normalized spacial score (nSPS) is 12.4. The average molecular weight is 449 g/mol. The molecule has 8 heteroatoms. The molecule has 170 valence electrons. The summed E-state index contributed by atoms with van der Waals surface area (Å²) in [6, 6.07) is 11.7. The Morgan fingerprint density at radius 2 is 1.74 bits per heavy atom. The standard InChI is InChI=1S/C23H32N2O5S/c1-7-20(25(31(6,27)28)19-11-8-17(4)9-12-19)23(26)24-15-18-10-13-21(30-16(2)3)22(14-18)29-5/h8-14,16,20H,7,15H2,1-6H3,(H,24,26). The van der Waals surface area contributed by atoms with Gasteiger partial charge >= 0.3 is 0 Å². The van der Waals surface area contributed by atoms with Gasteiger partial charge in [-0.05, 0) is 57.0 Å². The van der Waals surface area contributed by atoms with Crippen molar-refractivity contribution in [1.29, 1.82) is 0 Å². The van der Waals surface area contributed by atoms with Gasteiger partial charge in [0.05, 0.1) is 25.2 Å². The third kappa shape index (κ3) is 6.62. The zero-order chi connectivity index (χ0) is 23.2. The fourth-order valence-corrected chi connectivity index (χ4v) is 4.44. The van der Waals surface area contributed by atoms with Gasteiger partial charge in [0, 0.05) is 6.54 Å². The van der Waals surface area contributed by atoms with Crippen molar-refractivity contribution in [2.75, 3.05) is 17.7 Å². The number of hydrogen-bond acceptors (Lipinski definition) is 5. The number of ether oxygens (including phenoxy) is 2. The minimum atomic E-state index is -3.66. The van der Waals surface area contributed by atoms with Crippen molar-refractivity contribution >= 4 is 21.6 Å². The van der Waals surface area contributed by atoms with Crippen molar-refractivity contribution in [3.8, 4) is 11.5 Å². The number of rotatable bonds is 10. The highest BCUT2D eigenvalue weighted by Crippen LogP contribution is 2.29. The van der Waals surface area contributed by atoms with Gasteiger partial charge in [-0.2, -0.15) is 0 Å². The summed E-state index contributed by atoms with van der Waals surface area (Å²) in [5.74, 6) is 0.835. The Labute approximate surface area is 185 Å². The number of methoxy groups -OCH3 is 1. The Morgan fingerprint density at radius 3 is 2.26 bits per heavy atom. The highest BCUT2D eigenvalue weighted by Gasteiger charge is 2.31. The van der Waals surface area contributed by atoms with Gasteiger partial charge in [-0.3, -0.25) is 9.10 Å². The van der Waals surface area contributed by atoms with Crippen LogP contribution in [0.2, 0.25) is 0 Å². The van der Waals surface area contributed by atoms with Crippen LogP contribution in [0.25, 0.3) is 0 Å². The van der Waals surface area contributed by atoms with E-state index in [-0.39, 0.29) is 18.6 Å². The number of aryl methyl sites for hydroxylation is 1. The molecular formula is C23H32N2O5S. The lowest BCUT2D eigenvalue weighted by molar-refractivity contribution is -0.122. The molecule has 31 heavy (non-hydrogen) atoms. The number of carbonyl (C=O) groups excluding carboxylic acids is 1. The maximum Gasteiger partial charge on any atom is 0.244 e. The van der Waals surface area contributed by atoms with Gasteiger partial charge in [0.2, 0.25) is 15.9 Å². The van der Waals surface area contributed by atoms with Crippen LogP contribution in [0.5, 0.6) is 11.5 Å². The minimum Gasteiger partial charge on any atom is -0.493 e. The van der Waals surface area contributed by atoms with Gasteiger partial charge in [0.1, 0.15) is 6.04 Å². The maximum absolute atomic E-state index is 13.0. The number of anilines is 1. The molecule has 0 fully saturated rings. The highest BCUT2D eigenvalue weighted by molar-refractivity contribution is 7.92. The van der Waals surface area contributed by atoms with Gasteiger partial charge in [-0.1, -0.05) is 30.7 Å². The van der Waals surface area contributed by atoms with Crippen LogP contribution in [-0.2, 0) is 21.4 Å². The summed E-state index contributed by atoms with van der Waals surface area (Å²) in [6.07, 6.45) is 1.45. The lowest BCUT2D eigenvalue weighted by atomic mass is 10.1. The number of amides is 1. The molecule has 2 rings (SSSR count). The summed E-state index contributed by atoms with van der Waals surface area (Å²) < 4.78 is 37.3. The van der Waals surface area contributed by atoms with Gasteiger partial charge in [-0.15, -0.1) is 0 Å². The summed E-state index contributed by atoms with van der Waals surface area (Å²) in [5.41, 5.74) is 2.29. The monoisotopic (exact) mass is 448 g/mol. The van der Waals surface area contributed by atoms with Crippen LogP contribution in [0.15, 0.2) is 42.5 Å². The molecule has 0 aliphatic carbocycles. The van der Waals surface area contributed by atoms with Crippen molar-refractivity contribution in [2.24, 2.45) is 0 Å². The summed E-state index contributed by atoms with van der Waals surface area (Å²) in [5, 5.41) is 2.85. The van der Waals surface area contributed by atoms with Crippen LogP contribution >= 0.6 is 0 Å². The van der Waals surface area contributed by atoms with Crippen LogP contribution < -0.4 is 19.1 Å². The van der Waals surface area contributed by atoms with E-state index in [1.807, 2.05) is 39.0 Å². The number of nitrogens with one attached hydrogen (secondary N) is 1. The fourth-order valence-electron chi connectivity index (χ4n) is 3.23. The number of benzene rings is 2. The second kappa shape index (κ2) is 10.5. The Morgan fingerprint density at radius 1 is 1.10 bits per heavy atom. The number of sulfonamides is 1. The second-order valence-electron chi connectivity index (χ2n) is 7.69. The number of carbonyl (C=O) groups is 1. The van der Waals surface area contributed by atoms with Crippen LogP contribution in [0.3, 0.4) is 0 Å². The smallest absolute Gasteiger partial charge is 0.244 e. The first-order valence-corrected chi connectivity index (χ1v) is 12.1. The topological polar surface area (TPSA) is 84.9 Å². The minimum absolute atomic E-state index is 0.00788. The van der Waals surface area contributed by atoms with E-state index in [9.17, 15) is 13.2 Å². The first-order chi connectivity index (χ1) is 14.6. The maximum atomic E-state index is 13.0. The SMILES string of the molecule is CCC(C(=O)NCc1ccc(OC(C)C)c(OC)c1)N(c1ccc(C)cc1)S(C)(=O)=O. The summed E-state index contributed by atoms with van der Waals surface area (Å²) in [6.45, 7) is 7.81. The largest absolute Gasteiger partial charge is 0.493 e. The van der Waals surface area contributed by atoms with Crippen LogP contribution in [0.4, 0.5) is 5.69 Å². The Hall–Kier alpha value is -2.74. The van der Waals surface area contributed by atoms with Crippen molar-refractivity contribution in [3.05, 3.63) is 53.6 Å². The zero-order valence-corrected chi connectivity index (χ0v) is 19.8. The molecule has 0 aliphatic heterocycles. The molecule has 1 N–H and O–H groups in total. The molecule has 2 aromatic carbocycles. The molecule has 1 atom stereocenters. The molecule has 7 nitrogen and oxygen atoms in total. The fraction of sp³-hybridized carbons (Fsp3) is 0.435. The van der Waals surface area contributed by atoms with E-state index < -0.39 is 16.1 Å².